The molecule has 2 fully saturated rings. The van der Waals surface area contributed by atoms with Gasteiger partial charge in [-0.25, -0.2) is 4.98 Å². The van der Waals surface area contributed by atoms with Gasteiger partial charge in [-0.05, 0) is 68.2 Å². The number of amides is 2. The number of anilines is 1. The van der Waals surface area contributed by atoms with E-state index in [1.807, 2.05) is 6.20 Å². The number of carbonyl (C=O) groups is 2. The van der Waals surface area contributed by atoms with E-state index in [2.05, 4.69) is 38.6 Å². The monoisotopic (exact) mass is 417 g/mol. The van der Waals surface area contributed by atoms with E-state index in [9.17, 15) is 9.59 Å². The highest BCUT2D eigenvalue weighted by atomic mass is 16.2. The molecule has 160 valence electrons. The van der Waals surface area contributed by atoms with Gasteiger partial charge in [0, 0.05) is 41.5 Å². The Labute approximate surface area is 181 Å². The fourth-order valence-corrected chi connectivity index (χ4v) is 5.61. The van der Waals surface area contributed by atoms with E-state index in [0.29, 0.717) is 0 Å². The van der Waals surface area contributed by atoms with E-state index in [0.717, 1.165) is 85.3 Å². The lowest BCUT2D eigenvalue weighted by Crippen LogP contribution is -2.43. The fourth-order valence-electron chi connectivity index (χ4n) is 5.61. The highest BCUT2D eigenvalue weighted by molar-refractivity contribution is 6.01. The highest BCUT2D eigenvalue weighted by Crippen LogP contribution is 2.45. The summed E-state index contributed by atoms with van der Waals surface area (Å²) < 4.78 is 0. The van der Waals surface area contributed by atoms with Gasteiger partial charge in [-0.15, -0.1) is 0 Å². The molecule has 2 amide bonds. The van der Waals surface area contributed by atoms with Crippen LogP contribution in [0.3, 0.4) is 0 Å². The first-order chi connectivity index (χ1) is 15.0. The van der Waals surface area contributed by atoms with Crippen LogP contribution >= 0.6 is 0 Å². The van der Waals surface area contributed by atoms with Crippen LogP contribution < -0.4 is 16.0 Å². The van der Waals surface area contributed by atoms with Gasteiger partial charge in [0.25, 0.3) is 5.91 Å². The third kappa shape index (κ3) is 3.06. The molecule has 4 aliphatic rings. The predicted octanol–water partition coefficient (Wildman–Crippen LogP) is 2.63. The van der Waals surface area contributed by atoms with Crippen LogP contribution in [0.25, 0.3) is 11.3 Å². The number of aromatic amines is 1. The third-order valence-electron chi connectivity index (χ3n) is 7.42. The van der Waals surface area contributed by atoms with Crippen molar-refractivity contribution in [3.8, 4) is 11.3 Å². The second-order valence-electron chi connectivity index (χ2n) is 9.47. The third-order valence-corrected chi connectivity index (χ3v) is 7.42. The molecular formula is C24H27N5O2. The molecule has 7 nitrogen and oxygen atoms in total. The molecule has 1 aliphatic heterocycles. The first-order valence-corrected chi connectivity index (χ1v) is 11.3. The van der Waals surface area contributed by atoms with Gasteiger partial charge in [0.05, 0.1) is 11.3 Å². The largest absolute Gasteiger partial charge is 0.365 e. The van der Waals surface area contributed by atoms with Crippen LogP contribution in [0.15, 0.2) is 24.9 Å². The Bertz CT molecular complexity index is 1110. The van der Waals surface area contributed by atoms with E-state index >= 15 is 0 Å². The molecule has 0 radical (unpaired) electrons. The Morgan fingerprint density at radius 2 is 2.10 bits per heavy atom. The molecule has 2 saturated carbocycles. The van der Waals surface area contributed by atoms with Crippen molar-refractivity contribution >= 4 is 17.6 Å². The van der Waals surface area contributed by atoms with E-state index in [1.54, 1.807) is 0 Å². The lowest BCUT2D eigenvalue weighted by Gasteiger charge is -2.24. The van der Waals surface area contributed by atoms with Crippen molar-refractivity contribution < 1.29 is 9.59 Å². The molecule has 31 heavy (non-hydrogen) atoms. The Kier molecular flexibility index (Phi) is 4.04. The van der Waals surface area contributed by atoms with Crippen molar-refractivity contribution in [1.82, 2.24) is 20.6 Å². The number of rotatable bonds is 4. The minimum atomic E-state index is -0.134. The number of carbonyl (C=O) groups excluding carboxylic acids is 2. The molecule has 3 aliphatic carbocycles. The summed E-state index contributed by atoms with van der Waals surface area (Å²) in [6, 6.07) is 2.33. The maximum absolute atomic E-state index is 12.8. The molecule has 3 heterocycles. The first kappa shape index (κ1) is 18.7. The number of pyridine rings is 1. The summed E-state index contributed by atoms with van der Waals surface area (Å²) >= 11 is 0. The van der Waals surface area contributed by atoms with Crippen LogP contribution in [-0.2, 0) is 24.1 Å². The highest BCUT2D eigenvalue weighted by Gasteiger charge is 2.49. The Hall–Kier alpha value is -3.09. The van der Waals surface area contributed by atoms with E-state index < -0.39 is 0 Å². The number of aromatic nitrogens is 2. The summed E-state index contributed by atoms with van der Waals surface area (Å²) in [5.41, 5.74) is 6.52. The fraction of sp³-hybridized carbons (Fsp3) is 0.458. The topological polar surface area (TPSA) is 98.9 Å². The SMILES string of the molecule is C=CC(=O)N[C@@H]1CCC[C@@H]1Nc1cc2c(cn1)CCc1c-2[nH]c2c1C(=O)NC1(CC1)C2. The van der Waals surface area contributed by atoms with Gasteiger partial charge in [0.15, 0.2) is 0 Å². The molecule has 2 aromatic rings. The standard InChI is InChI=1S/C24H27N5O2/c1-2-20(30)27-17-5-3-4-16(17)26-19-10-15-13(12-25-19)6-7-14-21-18(28-22(14)15)11-24(8-9-24)29-23(21)31/h2,10,12,16-17,28H,1,3-9,11H2,(H,25,26)(H,27,30)(H,29,31)/t16-,17+/m0/s1. The Balaban J connectivity index is 1.30. The molecule has 0 saturated heterocycles. The van der Waals surface area contributed by atoms with Crippen LogP contribution in [0, 0.1) is 0 Å². The van der Waals surface area contributed by atoms with Crippen molar-refractivity contribution in [2.45, 2.75) is 69.0 Å². The Morgan fingerprint density at radius 3 is 2.90 bits per heavy atom. The van der Waals surface area contributed by atoms with Crippen molar-refractivity contribution in [3.63, 3.8) is 0 Å². The zero-order valence-electron chi connectivity index (χ0n) is 17.5. The molecule has 4 N–H and O–H groups in total. The van der Waals surface area contributed by atoms with Crippen molar-refractivity contribution in [3.05, 3.63) is 47.3 Å². The van der Waals surface area contributed by atoms with Crippen molar-refractivity contribution in [2.75, 3.05) is 5.32 Å². The smallest absolute Gasteiger partial charge is 0.253 e. The van der Waals surface area contributed by atoms with Crippen LogP contribution in [0.5, 0.6) is 0 Å². The lowest BCUT2D eigenvalue weighted by molar-refractivity contribution is -0.117. The average Bonchev–Trinajstić information content (AvgIpc) is 3.17. The maximum Gasteiger partial charge on any atom is 0.253 e. The van der Waals surface area contributed by atoms with E-state index in [1.165, 1.54) is 11.6 Å². The number of fused-ring (bicyclic) bond motifs is 5. The minimum absolute atomic E-state index is 0.00131. The molecule has 1 spiro atoms. The summed E-state index contributed by atoms with van der Waals surface area (Å²) in [6.07, 6.45) is 11.1. The van der Waals surface area contributed by atoms with E-state index in [-0.39, 0.29) is 29.4 Å². The lowest BCUT2D eigenvalue weighted by atomic mass is 9.87. The zero-order valence-corrected chi connectivity index (χ0v) is 17.5. The summed E-state index contributed by atoms with van der Waals surface area (Å²) in [6.45, 7) is 3.55. The van der Waals surface area contributed by atoms with Crippen LogP contribution in [-0.4, -0.2) is 39.4 Å². The second-order valence-corrected chi connectivity index (χ2v) is 9.47. The van der Waals surface area contributed by atoms with Crippen molar-refractivity contribution in [2.24, 2.45) is 0 Å². The number of hydrogen-bond donors (Lipinski definition) is 4. The van der Waals surface area contributed by atoms with Crippen molar-refractivity contribution in [1.29, 1.82) is 0 Å². The summed E-state index contributed by atoms with van der Waals surface area (Å²) in [5, 5.41) is 9.81. The number of nitrogens with one attached hydrogen (secondary N) is 4. The van der Waals surface area contributed by atoms with E-state index in [4.69, 9.17) is 0 Å². The van der Waals surface area contributed by atoms with Gasteiger partial charge in [0.1, 0.15) is 5.82 Å². The zero-order chi connectivity index (χ0) is 21.2. The molecule has 2 atom stereocenters. The van der Waals surface area contributed by atoms with Crippen LogP contribution in [0.1, 0.15) is 59.3 Å². The molecular weight excluding hydrogens is 390 g/mol. The summed E-state index contributed by atoms with van der Waals surface area (Å²) in [5.74, 6) is 0.760. The predicted molar refractivity (Wildman–Crippen MR) is 118 cm³/mol. The molecule has 0 aromatic carbocycles. The van der Waals surface area contributed by atoms with Gasteiger partial charge in [-0.2, -0.15) is 0 Å². The average molecular weight is 418 g/mol. The molecule has 7 heteroatoms. The second kappa shape index (κ2) is 6.70. The number of nitrogens with zero attached hydrogens (tertiary/aromatic N) is 1. The van der Waals surface area contributed by atoms with Gasteiger partial charge in [0.2, 0.25) is 5.91 Å². The molecule has 6 rings (SSSR count). The number of H-pyrrole nitrogens is 1. The van der Waals surface area contributed by atoms with Gasteiger partial charge < -0.3 is 20.9 Å². The quantitative estimate of drug-likeness (QED) is 0.575. The molecule has 0 bridgehead atoms. The summed E-state index contributed by atoms with van der Waals surface area (Å²) in [7, 11) is 0. The minimum Gasteiger partial charge on any atom is -0.365 e. The maximum atomic E-state index is 12.8. The van der Waals surface area contributed by atoms with Crippen LogP contribution in [0.4, 0.5) is 5.82 Å². The molecule has 0 unspecified atom stereocenters. The van der Waals surface area contributed by atoms with Crippen LogP contribution in [0.2, 0.25) is 0 Å². The molecule has 2 aromatic heterocycles. The first-order valence-electron chi connectivity index (χ1n) is 11.3. The van der Waals surface area contributed by atoms with Gasteiger partial charge in [-0.1, -0.05) is 6.58 Å². The van der Waals surface area contributed by atoms with Gasteiger partial charge in [-0.3, -0.25) is 9.59 Å². The number of hydrogen-bond acceptors (Lipinski definition) is 4. The summed E-state index contributed by atoms with van der Waals surface area (Å²) in [4.78, 5) is 32.9. The number of aryl methyl sites for hydroxylation is 1. The van der Waals surface area contributed by atoms with Gasteiger partial charge >= 0.3 is 0 Å². The Morgan fingerprint density at radius 1 is 1.26 bits per heavy atom. The normalized spacial score (nSPS) is 24.6.